The van der Waals surface area contributed by atoms with E-state index in [1.807, 2.05) is 32.2 Å². The van der Waals surface area contributed by atoms with Gasteiger partial charge in [0.2, 0.25) is 0 Å². The molecule has 1 aromatic rings. The van der Waals surface area contributed by atoms with Crippen LogP contribution in [0.25, 0.3) is 0 Å². The molecule has 3 rings (SSSR count). The van der Waals surface area contributed by atoms with E-state index in [0.717, 1.165) is 24.3 Å². The minimum Gasteiger partial charge on any atom is -0.378 e. The van der Waals surface area contributed by atoms with Gasteiger partial charge in [0.1, 0.15) is 0 Å². The average molecular weight is 334 g/mol. The highest BCUT2D eigenvalue weighted by Gasteiger charge is 2.34. The number of carbonyl (C=O) groups excluding carboxylic acids is 1. The number of thiocarbonyl (C=S) groups is 1. The van der Waals surface area contributed by atoms with Crippen LogP contribution in [0.1, 0.15) is 11.1 Å². The predicted octanol–water partition coefficient (Wildman–Crippen LogP) is 2.84. The molecule has 0 spiro atoms. The maximum atomic E-state index is 12.7. The van der Waals surface area contributed by atoms with Gasteiger partial charge in [0.25, 0.3) is 5.91 Å². The Bertz CT molecular complexity index is 652. The summed E-state index contributed by atoms with van der Waals surface area (Å²) in [4.78, 5) is 17.2. The van der Waals surface area contributed by atoms with Gasteiger partial charge < -0.3 is 9.64 Å². The minimum atomic E-state index is -0.0338. The van der Waals surface area contributed by atoms with Crippen molar-refractivity contribution in [3.05, 3.63) is 40.4 Å². The molecule has 0 aromatic heterocycles. The molecular weight excluding hydrogens is 316 g/mol. The number of benzene rings is 1. The van der Waals surface area contributed by atoms with E-state index in [-0.39, 0.29) is 5.91 Å². The fourth-order valence-electron chi connectivity index (χ4n) is 2.59. The molecule has 0 N–H and O–H groups in total. The molecule has 2 aliphatic rings. The summed E-state index contributed by atoms with van der Waals surface area (Å²) >= 11 is 6.79. The van der Waals surface area contributed by atoms with Gasteiger partial charge in [-0.3, -0.25) is 9.69 Å². The molecule has 0 atom stereocenters. The molecule has 2 saturated heterocycles. The first kappa shape index (κ1) is 15.5. The Morgan fingerprint density at radius 3 is 2.68 bits per heavy atom. The molecule has 1 aromatic carbocycles. The van der Waals surface area contributed by atoms with Gasteiger partial charge in [0.05, 0.1) is 23.8 Å². The maximum Gasteiger partial charge on any atom is 0.272 e. The van der Waals surface area contributed by atoms with Gasteiger partial charge in [0, 0.05) is 19.3 Å². The molecule has 116 valence electrons. The first-order valence-corrected chi connectivity index (χ1v) is 8.46. The quantitative estimate of drug-likeness (QED) is 0.613. The summed E-state index contributed by atoms with van der Waals surface area (Å²) in [5, 5.41) is 0. The Kier molecular flexibility index (Phi) is 4.52. The lowest BCUT2D eigenvalue weighted by molar-refractivity contribution is -0.113. The van der Waals surface area contributed by atoms with E-state index in [4.69, 9.17) is 17.0 Å². The van der Waals surface area contributed by atoms with Gasteiger partial charge in [-0.15, -0.1) is 0 Å². The average Bonchev–Trinajstić information content (AvgIpc) is 2.75. The molecule has 2 aliphatic heterocycles. The van der Waals surface area contributed by atoms with E-state index in [1.165, 1.54) is 17.3 Å². The highest BCUT2D eigenvalue weighted by molar-refractivity contribution is 8.27. The summed E-state index contributed by atoms with van der Waals surface area (Å²) in [5.74, 6) is -0.0338. The van der Waals surface area contributed by atoms with Crippen molar-refractivity contribution < 1.29 is 9.53 Å². The van der Waals surface area contributed by atoms with Gasteiger partial charge >= 0.3 is 0 Å². The van der Waals surface area contributed by atoms with Crippen LogP contribution in [0.15, 0.2) is 29.3 Å². The zero-order chi connectivity index (χ0) is 15.7. The fourth-order valence-corrected chi connectivity index (χ4v) is 3.89. The lowest BCUT2D eigenvalue weighted by atomic mass is 10.1. The van der Waals surface area contributed by atoms with Gasteiger partial charge in [0.15, 0.2) is 4.32 Å². The molecule has 22 heavy (non-hydrogen) atoms. The van der Waals surface area contributed by atoms with Crippen molar-refractivity contribution in [3.8, 4) is 0 Å². The first-order valence-electron chi connectivity index (χ1n) is 7.23. The number of hydrogen-bond donors (Lipinski definition) is 0. The third kappa shape index (κ3) is 3.04. The van der Waals surface area contributed by atoms with Crippen LogP contribution in [0.4, 0.5) is 5.69 Å². The van der Waals surface area contributed by atoms with Crippen LogP contribution < -0.4 is 4.90 Å². The van der Waals surface area contributed by atoms with E-state index in [1.54, 1.807) is 4.90 Å². The molecule has 0 unspecified atom stereocenters. The normalized spacial score (nSPS) is 21.1. The van der Waals surface area contributed by atoms with Gasteiger partial charge in [-0.2, -0.15) is 0 Å². The zero-order valence-electron chi connectivity index (χ0n) is 12.7. The second-order valence-electron chi connectivity index (χ2n) is 5.44. The van der Waals surface area contributed by atoms with E-state index in [9.17, 15) is 4.79 Å². The zero-order valence-corrected chi connectivity index (χ0v) is 14.3. The molecule has 4 nitrogen and oxygen atoms in total. The minimum absolute atomic E-state index is 0.0338. The number of rotatable bonds is 2. The number of thioether (sulfide) groups is 1. The Morgan fingerprint density at radius 1 is 1.27 bits per heavy atom. The molecule has 1 amide bonds. The Labute approximate surface area is 140 Å². The number of amides is 1. The second-order valence-corrected chi connectivity index (χ2v) is 7.12. The van der Waals surface area contributed by atoms with Crippen LogP contribution in [0, 0.1) is 13.8 Å². The van der Waals surface area contributed by atoms with Crippen molar-refractivity contribution >= 4 is 39.9 Å². The Balaban J connectivity index is 1.86. The van der Waals surface area contributed by atoms with Gasteiger partial charge in [-0.1, -0.05) is 41.7 Å². The van der Waals surface area contributed by atoms with E-state index < -0.39 is 0 Å². The first-order chi connectivity index (χ1) is 10.6. The number of hydrogen-bond acceptors (Lipinski definition) is 5. The van der Waals surface area contributed by atoms with Crippen LogP contribution in [0.5, 0.6) is 0 Å². The van der Waals surface area contributed by atoms with Crippen LogP contribution in [0.3, 0.4) is 0 Å². The monoisotopic (exact) mass is 334 g/mol. The SMILES string of the molecule is Cc1ccc(N2C(=O)C(=CN3CCOCC3)SC2=S)c(C)c1. The maximum absolute atomic E-state index is 12.7. The highest BCUT2D eigenvalue weighted by atomic mass is 32.2. The Hall–Kier alpha value is -1.37. The third-order valence-electron chi connectivity index (χ3n) is 3.73. The molecule has 0 bridgehead atoms. The smallest absolute Gasteiger partial charge is 0.272 e. The number of carbonyl (C=O) groups is 1. The van der Waals surface area contributed by atoms with E-state index in [2.05, 4.69) is 11.0 Å². The van der Waals surface area contributed by atoms with Crippen LogP contribution in [0.2, 0.25) is 0 Å². The highest BCUT2D eigenvalue weighted by Crippen LogP contribution is 2.36. The summed E-state index contributed by atoms with van der Waals surface area (Å²) < 4.78 is 5.92. The largest absolute Gasteiger partial charge is 0.378 e. The number of nitrogens with zero attached hydrogens (tertiary/aromatic N) is 2. The summed E-state index contributed by atoms with van der Waals surface area (Å²) in [7, 11) is 0. The summed E-state index contributed by atoms with van der Waals surface area (Å²) in [6.45, 7) is 7.08. The fraction of sp³-hybridized carbons (Fsp3) is 0.375. The number of morpholine rings is 1. The van der Waals surface area contributed by atoms with Crippen LogP contribution in [-0.4, -0.2) is 41.4 Å². The molecule has 0 saturated carbocycles. The Morgan fingerprint density at radius 2 is 2.00 bits per heavy atom. The summed E-state index contributed by atoms with van der Waals surface area (Å²) in [6, 6.07) is 6.04. The van der Waals surface area contributed by atoms with Crippen molar-refractivity contribution in [2.75, 3.05) is 31.2 Å². The molecule has 0 radical (unpaired) electrons. The number of ether oxygens (including phenoxy) is 1. The predicted molar refractivity (Wildman–Crippen MR) is 94.1 cm³/mol. The molecule has 6 heteroatoms. The summed E-state index contributed by atoms with van der Waals surface area (Å²) in [6.07, 6.45) is 1.92. The van der Waals surface area contributed by atoms with Crippen molar-refractivity contribution in [3.63, 3.8) is 0 Å². The summed E-state index contributed by atoms with van der Waals surface area (Å²) in [5.41, 5.74) is 3.11. The number of aryl methyl sites for hydroxylation is 2. The van der Waals surface area contributed by atoms with Crippen molar-refractivity contribution in [2.24, 2.45) is 0 Å². The van der Waals surface area contributed by atoms with Gasteiger partial charge in [-0.25, -0.2) is 0 Å². The molecule has 2 heterocycles. The van der Waals surface area contributed by atoms with Crippen LogP contribution >= 0.6 is 24.0 Å². The molecule has 2 fully saturated rings. The lowest BCUT2D eigenvalue weighted by Crippen LogP contribution is -2.33. The van der Waals surface area contributed by atoms with Crippen LogP contribution in [-0.2, 0) is 9.53 Å². The van der Waals surface area contributed by atoms with Crippen molar-refractivity contribution in [1.29, 1.82) is 0 Å². The second kappa shape index (κ2) is 6.40. The lowest BCUT2D eigenvalue weighted by Gasteiger charge is -2.25. The van der Waals surface area contributed by atoms with Gasteiger partial charge in [-0.05, 0) is 25.5 Å². The third-order valence-corrected chi connectivity index (χ3v) is 5.02. The topological polar surface area (TPSA) is 32.8 Å². The van der Waals surface area contributed by atoms with Crippen molar-refractivity contribution in [2.45, 2.75) is 13.8 Å². The molecule has 0 aliphatic carbocycles. The standard InChI is InChI=1S/C16H18N2O2S2/c1-11-3-4-13(12(2)9-11)18-15(19)14(22-16(18)21)10-17-5-7-20-8-6-17/h3-4,9-10H,5-8H2,1-2H3. The van der Waals surface area contributed by atoms with Crippen molar-refractivity contribution in [1.82, 2.24) is 4.90 Å². The molecular formula is C16H18N2O2S2. The van der Waals surface area contributed by atoms with E-state index in [0.29, 0.717) is 22.4 Å². The number of anilines is 1. The van der Waals surface area contributed by atoms with E-state index >= 15 is 0 Å².